The standard InChI is InChI=1S/C29H35F2N3O4S/c1-4-20-8-6-9-21(12-20)18-32-19-28(35)27(15-22-13-24(30)17-25(31)14-22)33-29(36)23-10-7-11-26(16-23)39(37,38)34(3)5-2/h6-14,16-17,27-28,32,35H,4-5,15,18-19H2,1-3H3,(H,33,36)/t27-,28-/m0/s1. The van der Waals surface area contributed by atoms with Crippen molar-refractivity contribution < 1.29 is 27.1 Å². The van der Waals surface area contributed by atoms with Crippen molar-refractivity contribution in [1.82, 2.24) is 14.9 Å². The van der Waals surface area contributed by atoms with E-state index in [9.17, 15) is 27.1 Å². The van der Waals surface area contributed by atoms with Gasteiger partial charge in [0.15, 0.2) is 0 Å². The normalized spacial score (nSPS) is 13.3. The quantitative estimate of drug-likeness (QED) is 0.297. The zero-order chi connectivity index (χ0) is 28.6. The van der Waals surface area contributed by atoms with Crippen molar-refractivity contribution in [2.45, 2.75) is 50.3 Å². The van der Waals surface area contributed by atoms with Crippen LogP contribution in [0.4, 0.5) is 8.78 Å². The van der Waals surface area contributed by atoms with Gasteiger partial charge in [-0.3, -0.25) is 4.79 Å². The molecular weight excluding hydrogens is 524 g/mol. The third-order valence-electron chi connectivity index (χ3n) is 6.49. The number of benzene rings is 3. The van der Waals surface area contributed by atoms with Crippen LogP contribution in [0.5, 0.6) is 0 Å². The number of nitrogens with one attached hydrogen (secondary N) is 2. The molecule has 0 aliphatic carbocycles. The zero-order valence-electron chi connectivity index (χ0n) is 22.3. The second-order valence-corrected chi connectivity index (χ2v) is 11.4. The molecule has 3 aromatic carbocycles. The van der Waals surface area contributed by atoms with Gasteiger partial charge in [-0.1, -0.05) is 44.2 Å². The highest BCUT2D eigenvalue weighted by Crippen LogP contribution is 2.17. The third-order valence-corrected chi connectivity index (χ3v) is 8.42. The van der Waals surface area contributed by atoms with E-state index in [1.165, 1.54) is 36.9 Å². The number of nitrogens with zero attached hydrogens (tertiary/aromatic N) is 1. The number of carbonyl (C=O) groups excluding carboxylic acids is 1. The van der Waals surface area contributed by atoms with Crippen LogP contribution in [0.2, 0.25) is 0 Å². The van der Waals surface area contributed by atoms with E-state index in [1.54, 1.807) is 6.92 Å². The summed E-state index contributed by atoms with van der Waals surface area (Å²) in [5.74, 6) is -2.16. The number of amides is 1. The summed E-state index contributed by atoms with van der Waals surface area (Å²) in [6.45, 7) is 4.59. The maximum atomic E-state index is 13.8. The number of rotatable bonds is 13. The number of carbonyl (C=O) groups is 1. The molecule has 0 aromatic heterocycles. The number of aliphatic hydroxyl groups is 1. The predicted molar refractivity (Wildman–Crippen MR) is 147 cm³/mol. The minimum absolute atomic E-state index is 0.0419. The first-order valence-electron chi connectivity index (χ1n) is 12.8. The average molecular weight is 560 g/mol. The Bertz CT molecular complexity index is 1360. The maximum Gasteiger partial charge on any atom is 0.251 e. The van der Waals surface area contributed by atoms with Gasteiger partial charge in [0.25, 0.3) is 5.91 Å². The summed E-state index contributed by atoms with van der Waals surface area (Å²) in [7, 11) is -2.34. The smallest absolute Gasteiger partial charge is 0.251 e. The summed E-state index contributed by atoms with van der Waals surface area (Å²) in [5.41, 5.74) is 2.55. The number of hydrogen-bond donors (Lipinski definition) is 3. The largest absolute Gasteiger partial charge is 0.390 e. The van der Waals surface area contributed by atoms with Crippen LogP contribution >= 0.6 is 0 Å². The van der Waals surface area contributed by atoms with Crippen LogP contribution in [-0.2, 0) is 29.4 Å². The molecule has 0 radical (unpaired) electrons. The van der Waals surface area contributed by atoms with Gasteiger partial charge in [0.05, 0.1) is 17.0 Å². The Morgan fingerprint density at radius 3 is 2.28 bits per heavy atom. The van der Waals surface area contributed by atoms with Crippen LogP contribution in [0, 0.1) is 11.6 Å². The predicted octanol–water partition coefficient (Wildman–Crippen LogP) is 3.66. The molecule has 0 saturated carbocycles. The van der Waals surface area contributed by atoms with Gasteiger partial charge in [0.1, 0.15) is 11.6 Å². The Hall–Kier alpha value is -3.18. The molecule has 0 heterocycles. The first-order chi connectivity index (χ1) is 18.5. The summed E-state index contributed by atoms with van der Waals surface area (Å²) in [4.78, 5) is 13.1. The van der Waals surface area contributed by atoms with Crippen molar-refractivity contribution in [2.24, 2.45) is 0 Å². The first-order valence-corrected chi connectivity index (χ1v) is 14.3. The number of halogens is 2. The second-order valence-electron chi connectivity index (χ2n) is 9.38. The van der Waals surface area contributed by atoms with Crippen LogP contribution in [0.3, 0.4) is 0 Å². The fourth-order valence-electron chi connectivity index (χ4n) is 4.13. The van der Waals surface area contributed by atoms with Gasteiger partial charge in [-0.25, -0.2) is 21.5 Å². The first kappa shape index (κ1) is 30.4. The molecule has 0 bridgehead atoms. The highest BCUT2D eigenvalue weighted by atomic mass is 32.2. The van der Waals surface area contributed by atoms with E-state index in [-0.39, 0.29) is 35.5 Å². The Balaban J connectivity index is 1.79. The van der Waals surface area contributed by atoms with Gasteiger partial charge in [0, 0.05) is 38.3 Å². The molecule has 1 amide bonds. The molecule has 3 aromatic rings. The average Bonchev–Trinajstić information content (AvgIpc) is 2.91. The van der Waals surface area contributed by atoms with Crippen LogP contribution in [-0.4, -0.2) is 56.0 Å². The Kier molecular flexibility index (Phi) is 10.7. The molecule has 0 unspecified atom stereocenters. The summed E-state index contributed by atoms with van der Waals surface area (Å²) in [5, 5.41) is 16.9. The van der Waals surface area contributed by atoms with Crippen molar-refractivity contribution in [3.05, 3.63) is 101 Å². The van der Waals surface area contributed by atoms with E-state index in [0.29, 0.717) is 6.54 Å². The van der Waals surface area contributed by atoms with E-state index >= 15 is 0 Å². The zero-order valence-corrected chi connectivity index (χ0v) is 23.1. The second kappa shape index (κ2) is 13.7. The molecule has 0 spiro atoms. The third kappa shape index (κ3) is 8.40. The van der Waals surface area contributed by atoms with Crippen molar-refractivity contribution >= 4 is 15.9 Å². The topological polar surface area (TPSA) is 98.7 Å². The number of aryl methyl sites for hydroxylation is 1. The van der Waals surface area contributed by atoms with E-state index in [2.05, 4.69) is 23.6 Å². The molecule has 0 aliphatic rings. The molecular formula is C29H35F2N3O4S. The summed E-state index contributed by atoms with van der Waals surface area (Å²) in [6, 6.07) is 15.7. The van der Waals surface area contributed by atoms with Crippen LogP contribution in [0.1, 0.15) is 40.9 Å². The van der Waals surface area contributed by atoms with Gasteiger partial charge in [-0.05, 0) is 59.9 Å². The van der Waals surface area contributed by atoms with Crippen molar-refractivity contribution in [3.8, 4) is 0 Å². The van der Waals surface area contributed by atoms with Crippen LogP contribution in [0.25, 0.3) is 0 Å². The highest BCUT2D eigenvalue weighted by Gasteiger charge is 2.25. The lowest BCUT2D eigenvalue weighted by Crippen LogP contribution is -2.48. The molecule has 0 saturated heterocycles. The summed E-state index contributed by atoms with van der Waals surface area (Å²) < 4.78 is 54.3. The van der Waals surface area contributed by atoms with E-state index in [1.807, 2.05) is 18.2 Å². The van der Waals surface area contributed by atoms with Gasteiger partial charge in [-0.15, -0.1) is 0 Å². The van der Waals surface area contributed by atoms with Gasteiger partial charge in [-0.2, -0.15) is 0 Å². The SMILES string of the molecule is CCc1cccc(CNC[C@H](O)[C@H](Cc2cc(F)cc(F)c2)NC(=O)c2cccc(S(=O)(=O)N(C)CC)c2)c1. The van der Waals surface area contributed by atoms with Gasteiger partial charge < -0.3 is 15.7 Å². The molecule has 210 valence electrons. The molecule has 3 rings (SSSR count). The molecule has 7 nitrogen and oxygen atoms in total. The Labute approximate surface area is 228 Å². The molecule has 39 heavy (non-hydrogen) atoms. The van der Waals surface area contributed by atoms with E-state index in [0.717, 1.165) is 34.5 Å². The lowest BCUT2D eigenvalue weighted by molar-refractivity contribution is 0.0829. The van der Waals surface area contributed by atoms with Crippen molar-refractivity contribution in [1.29, 1.82) is 0 Å². The summed E-state index contributed by atoms with van der Waals surface area (Å²) in [6.07, 6.45) is -0.273. The maximum absolute atomic E-state index is 13.8. The molecule has 10 heteroatoms. The van der Waals surface area contributed by atoms with Gasteiger partial charge >= 0.3 is 0 Å². The van der Waals surface area contributed by atoms with E-state index in [4.69, 9.17) is 0 Å². The lowest BCUT2D eigenvalue weighted by Gasteiger charge is -2.25. The molecule has 3 N–H and O–H groups in total. The minimum Gasteiger partial charge on any atom is -0.390 e. The summed E-state index contributed by atoms with van der Waals surface area (Å²) >= 11 is 0. The Morgan fingerprint density at radius 2 is 1.62 bits per heavy atom. The van der Waals surface area contributed by atoms with Crippen LogP contribution < -0.4 is 10.6 Å². The Morgan fingerprint density at radius 1 is 0.949 bits per heavy atom. The van der Waals surface area contributed by atoms with Crippen molar-refractivity contribution in [2.75, 3.05) is 20.1 Å². The molecule has 0 fully saturated rings. The highest BCUT2D eigenvalue weighted by molar-refractivity contribution is 7.89. The molecule has 0 aliphatic heterocycles. The lowest BCUT2D eigenvalue weighted by atomic mass is 10.00. The number of hydrogen-bond acceptors (Lipinski definition) is 5. The van der Waals surface area contributed by atoms with Crippen molar-refractivity contribution in [3.63, 3.8) is 0 Å². The fourth-order valence-corrected chi connectivity index (χ4v) is 5.36. The number of aliphatic hydroxyl groups excluding tert-OH is 1. The van der Waals surface area contributed by atoms with E-state index < -0.39 is 39.7 Å². The fraction of sp³-hybridized carbons (Fsp3) is 0.345. The van der Waals surface area contributed by atoms with Crippen LogP contribution in [0.15, 0.2) is 71.6 Å². The number of sulfonamides is 1. The minimum atomic E-state index is -3.78. The van der Waals surface area contributed by atoms with Gasteiger partial charge in [0.2, 0.25) is 10.0 Å². The molecule has 2 atom stereocenters. The monoisotopic (exact) mass is 559 g/mol.